The van der Waals surface area contributed by atoms with E-state index in [0.29, 0.717) is 10.0 Å². The molecule has 0 spiro atoms. The predicted molar refractivity (Wildman–Crippen MR) is 115 cm³/mol. The Balaban J connectivity index is 1.44. The first kappa shape index (κ1) is 17.9. The normalized spacial score (nSPS) is 21.0. The Bertz CT molecular complexity index is 1200. The molecule has 6 rings (SSSR count). The van der Waals surface area contributed by atoms with E-state index in [2.05, 4.69) is 0 Å². The Hall–Kier alpha value is -2.89. The summed E-state index contributed by atoms with van der Waals surface area (Å²) < 4.78 is 17.3. The molecule has 150 valence electrons. The number of fused-ring (bicyclic) bond motifs is 4. The van der Waals surface area contributed by atoms with Crippen LogP contribution < -0.4 is 14.2 Å². The van der Waals surface area contributed by atoms with Gasteiger partial charge in [0.25, 0.3) is 0 Å². The van der Waals surface area contributed by atoms with E-state index in [1.165, 1.54) is 0 Å². The molecule has 30 heavy (non-hydrogen) atoms. The van der Waals surface area contributed by atoms with Crippen molar-refractivity contribution in [1.29, 1.82) is 0 Å². The molecular weight excluding hydrogens is 423 g/mol. The van der Waals surface area contributed by atoms with Crippen molar-refractivity contribution in [3.63, 3.8) is 0 Å². The zero-order valence-electron chi connectivity index (χ0n) is 15.7. The van der Waals surface area contributed by atoms with Crippen molar-refractivity contribution in [3.05, 3.63) is 87.4 Å². The predicted octanol–water partition coefficient (Wildman–Crippen LogP) is 5.96. The summed E-state index contributed by atoms with van der Waals surface area (Å²) in [6.07, 6.45) is 0.349. The second kappa shape index (κ2) is 6.83. The van der Waals surface area contributed by atoms with Gasteiger partial charge in [-0.05, 0) is 48.5 Å². The second-order valence-corrected chi connectivity index (χ2v) is 8.29. The Morgan fingerprint density at radius 3 is 2.60 bits per heavy atom. The van der Waals surface area contributed by atoms with Crippen molar-refractivity contribution in [1.82, 2.24) is 5.01 Å². The molecule has 0 bridgehead atoms. The Kier molecular flexibility index (Phi) is 4.08. The molecule has 2 unspecified atom stereocenters. The lowest BCUT2D eigenvalue weighted by Gasteiger charge is -2.38. The first-order valence-electron chi connectivity index (χ1n) is 9.63. The first-order valence-corrected chi connectivity index (χ1v) is 10.4. The molecule has 0 aliphatic carbocycles. The average molecular weight is 439 g/mol. The number of nitrogens with zero attached hydrogens (tertiary/aromatic N) is 2. The molecule has 0 saturated heterocycles. The fourth-order valence-corrected chi connectivity index (χ4v) is 4.57. The number of rotatable bonds is 2. The van der Waals surface area contributed by atoms with Crippen LogP contribution in [0.1, 0.15) is 35.4 Å². The van der Waals surface area contributed by atoms with E-state index in [1.54, 1.807) is 0 Å². The van der Waals surface area contributed by atoms with E-state index in [9.17, 15) is 0 Å². The lowest BCUT2D eigenvalue weighted by molar-refractivity contribution is -0.0190. The fourth-order valence-electron chi connectivity index (χ4n) is 4.19. The molecule has 0 amide bonds. The van der Waals surface area contributed by atoms with Gasteiger partial charge in [0, 0.05) is 33.2 Å². The number of hydrogen-bond acceptors (Lipinski definition) is 5. The standard InChI is InChI=1S/C23H16Cl2N2O3/c24-15-3-1-2-14(8-15)23-27-19(17-10-16(25)5-7-20(17)30-23)11-18(26-27)13-4-6-21-22(9-13)29-12-28-21/h1-10,19,23H,11-12H2. The van der Waals surface area contributed by atoms with Crippen LogP contribution in [0.5, 0.6) is 17.2 Å². The number of halogens is 2. The van der Waals surface area contributed by atoms with E-state index < -0.39 is 0 Å². The van der Waals surface area contributed by atoms with E-state index in [1.807, 2.05) is 65.7 Å². The van der Waals surface area contributed by atoms with Crippen LogP contribution in [0.25, 0.3) is 0 Å². The molecule has 3 heterocycles. The van der Waals surface area contributed by atoms with E-state index >= 15 is 0 Å². The quantitative estimate of drug-likeness (QED) is 0.494. The monoisotopic (exact) mass is 438 g/mol. The zero-order chi connectivity index (χ0) is 20.2. The van der Waals surface area contributed by atoms with Gasteiger partial charge in [0.2, 0.25) is 13.0 Å². The summed E-state index contributed by atoms with van der Waals surface area (Å²) in [6.45, 7) is 0.247. The van der Waals surface area contributed by atoms with Gasteiger partial charge in [-0.25, -0.2) is 5.01 Å². The van der Waals surface area contributed by atoms with Gasteiger partial charge in [0.15, 0.2) is 11.5 Å². The molecule has 0 aromatic heterocycles. The Morgan fingerprint density at radius 2 is 1.70 bits per heavy atom. The molecular formula is C23H16Cl2N2O3. The minimum atomic E-state index is -0.381. The Morgan fingerprint density at radius 1 is 0.867 bits per heavy atom. The molecule has 3 aromatic carbocycles. The van der Waals surface area contributed by atoms with Crippen LogP contribution in [0.3, 0.4) is 0 Å². The Labute approximate surface area is 183 Å². The smallest absolute Gasteiger partial charge is 0.231 e. The fraction of sp³-hybridized carbons (Fsp3) is 0.174. The van der Waals surface area contributed by atoms with E-state index in [-0.39, 0.29) is 19.1 Å². The van der Waals surface area contributed by atoms with Gasteiger partial charge in [-0.3, -0.25) is 0 Å². The molecule has 7 heteroatoms. The van der Waals surface area contributed by atoms with Crippen molar-refractivity contribution in [3.8, 4) is 17.2 Å². The summed E-state index contributed by atoms with van der Waals surface area (Å²) >= 11 is 12.6. The SMILES string of the molecule is Clc1cccc(C2Oc3ccc(Cl)cc3C3CC(c4ccc5c(c4)OCO5)=NN32)c1. The summed E-state index contributed by atoms with van der Waals surface area (Å²) in [5, 5.41) is 8.31. The van der Waals surface area contributed by atoms with Crippen molar-refractivity contribution in [2.75, 3.05) is 6.79 Å². The largest absolute Gasteiger partial charge is 0.464 e. The van der Waals surface area contributed by atoms with Crippen LogP contribution in [-0.2, 0) is 0 Å². The van der Waals surface area contributed by atoms with Crippen LogP contribution in [0.4, 0.5) is 0 Å². The van der Waals surface area contributed by atoms with Crippen molar-refractivity contribution >= 4 is 28.9 Å². The first-order chi connectivity index (χ1) is 14.7. The number of benzene rings is 3. The molecule has 5 nitrogen and oxygen atoms in total. The van der Waals surface area contributed by atoms with Crippen molar-refractivity contribution in [2.24, 2.45) is 5.10 Å². The number of hydrazone groups is 1. The maximum absolute atomic E-state index is 6.36. The summed E-state index contributed by atoms with van der Waals surface area (Å²) in [5.74, 6) is 2.31. The highest BCUT2D eigenvalue weighted by Gasteiger charge is 2.41. The van der Waals surface area contributed by atoms with Crippen LogP contribution in [-0.4, -0.2) is 17.5 Å². The number of hydrogen-bond donors (Lipinski definition) is 0. The molecule has 0 saturated carbocycles. The molecule has 0 fully saturated rings. The highest BCUT2D eigenvalue weighted by Crippen LogP contribution is 2.48. The van der Waals surface area contributed by atoms with Gasteiger partial charge < -0.3 is 14.2 Å². The van der Waals surface area contributed by atoms with Gasteiger partial charge in [-0.1, -0.05) is 35.3 Å². The second-order valence-electron chi connectivity index (χ2n) is 7.42. The van der Waals surface area contributed by atoms with Gasteiger partial charge in [-0.2, -0.15) is 5.10 Å². The van der Waals surface area contributed by atoms with Crippen molar-refractivity contribution < 1.29 is 14.2 Å². The molecule has 3 aromatic rings. The summed E-state index contributed by atoms with van der Waals surface area (Å²) in [4.78, 5) is 0. The summed E-state index contributed by atoms with van der Waals surface area (Å²) in [5.41, 5.74) is 3.94. The highest BCUT2D eigenvalue weighted by atomic mass is 35.5. The number of ether oxygens (including phenoxy) is 3. The average Bonchev–Trinajstić information content (AvgIpc) is 3.40. The van der Waals surface area contributed by atoms with Crippen molar-refractivity contribution in [2.45, 2.75) is 18.7 Å². The highest BCUT2D eigenvalue weighted by molar-refractivity contribution is 6.31. The molecule has 0 N–H and O–H groups in total. The van der Waals surface area contributed by atoms with Crippen LogP contribution in [0.2, 0.25) is 10.0 Å². The minimum Gasteiger partial charge on any atom is -0.464 e. The molecule has 3 aliphatic heterocycles. The lowest BCUT2D eigenvalue weighted by Crippen LogP contribution is -2.33. The van der Waals surface area contributed by atoms with Gasteiger partial charge in [0.1, 0.15) is 5.75 Å². The third-order valence-corrected chi connectivity index (χ3v) is 6.06. The third-order valence-electron chi connectivity index (χ3n) is 5.59. The maximum atomic E-state index is 6.36. The van der Waals surface area contributed by atoms with Gasteiger partial charge in [0.05, 0.1) is 11.8 Å². The maximum Gasteiger partial charge on any atom is 0.231 e. The van der Waals surface area contributed by atoms with Crippen LogP contribution >= 0.6 is 23.2 Å². The summed E-state index contributed by atoms with van der Waals surface area (Å²) in [6, 6.07) is 19.3. The van der Waals surface area contributed by atoms with Crippen LogP contribution in [0, 0.1) is 0 Å². The third kappa shape index (κ3) is 2.89. The topological polar surface area (TPSA) is 43.3 Å². The zero-order valence-corrected chi connectivity index (χ0v) is 17.2. The van der Waals surface area contributed by atoms with Gasteiger partial charge in [-0.15, -0.1) is 0 Å². The lowest BCUT2D eigenvalue weighted by atomic mass is 9.95. The van der Waals surface area contributed by atoms with E-state index in [0.717, 1.165) is 46.1 Å². The molecule has 0 radical (unpaired) electrons. The van der Waals surface area contributed by atoms with Gasteiger partial charge >= 0.3 is 0 Å². The summed E-state index contributed by atoms with van der Waals surface area (Å²) in [7, 11) is 0. The minimum absolute atomic E-state index is 0.0110. The van der Waals surface area contributed by atoms with Crippen LogP contribution in [0.15, 0.2) is 65.8 Å². The van der Waals surface area contributed by atoms with E-state index in [4.69, 9.17) is 42.5 Å². The molecule has 3 aliphatic rings. The molecule has 2 atom stereocenters.